The first kappa shape index (κ1) is 20.9. The summed E-state index contributed by atoms with van der Waals surface area (Å²) in [7, 11) is 0. The summed E-state index contributed by atoms with van der Waals surface area (Å²) in [6, 6.07) is 16.6. The summed E-state index contributed by atoms with van der Waals surface area (Å²) in [5.41, 5.74) is 7.83. The first-order valence-electron chi connectivity index (χ1n) is 10.1. The zero-order valence-electron chi connectivity index (χ0n) is 17.1. The molecule has 2 amide bonds. The molecule has 2 N–H and O–H groups in total. The Morgan fingerprint density at radius 1 is 0.966 bits per heavy atom. The molecule has 0 aromatic heterocycles. The van der Waals surface area contributed by atoms with E-state index in [1.54, 1.807) is 11.0 Å². The van der Waals surface area contributed by atoms with Gasteiger partial charge in [-0.1, -0.05) is 49.4 Å². The summed E-state index contributed by atoms with van der Waals surface area (Å²) in [6.07, 6.45) is 0. The Bertz CT molecular complexity index is 832. The molecule has 154 valence electrons. The molecule has 3 rings (SSSR count). The summed E-state index contributed by atoms with van der Waals surface area (Å²) in [5, 5.41) is 0. The van der Waals surface area contributed by atoms with E-state index in [1.807, 2.05) is 67.3 Å². The van der Waals surface area contributed by atoms with Gasteiger partial charge in [0, 0.05) is 32.2 Å². The lowest BCUT2D eigenvalue weighted by Gasteiger charge is -2.37. The standard InChI is InChI=1S/C23H29N3O3/c1-3-29-20-12-8-7-11-19(20)23(28)26-15-13-25(14-16-26)22(27)17(2)21(24)18-9-5-4-6-10-18/h4-12,17,21H,3,13-16,24H2,1-2H3. The minimum Gasteiger partial charge on any atom is -0.493 e. The molecule has 6 heteroatoms. The van der Waals surface area contributed by atoms with E-state index >= 15 is 0 Å². The van der Waals surface area contributed by atoms with Crippen LogP contribution in [-0.4, -0.2) is 54.4 Å². The monoisotopic (exact) mass is 395 g/mol. The number of ether oxygens (including phenoxy) is 1. The molecule has 2 atom stereocenters. The van der Waals surface area contributed by atoms with Crippen LogP contribution in [0.4, 0.5) is 0 Å². The van der Waals surface area contributed by atoms with Gasteiger partial charge in [0.1, 0.15) is 5.75 Å². The molecule has 1 aliphatic rings. The third-order valence-electron chi connectivity index (χ3n) is 5.41. The number of carbonyl (C=O) groups is 2. The molecule has 2 unspecified atom stereocenters. The number of benzene rings is 2. The van der Waals surface area contributed by atoms with Gasteiger partial charge in [0.2, 0.25) is 5.91 Å². The maximum Gasteiger partial charge on any atom is 0.257 e. The average molecular weight is 396 g/mol. The fraction of sp³-hybridized carbons (Fsp3) is 0.391. The van der Waals surface area contributed by atoms with Gasteiger partial charge in [-0.25, -0.2) is 0 Å². The summed E-state index contributed by atoms with van der Waals surface area (Å²) >= 11 is 0. The molecule has 0 bridgehead atoms. The second-order valence-corrected chi connectivity index (χ2v) is 7.27. The highest BCUT2D eigenvalue weighted by molar-refractivity contribution is 5.97. The van der Waals surface area contributed by atoms with Gasteiger partial charge in [0.05, 0.1) is 18.1 Å². The predicted octanol–water partition coefficient (Wildman–Crippen LogP) is 2.71. The Hall–Kier alpha value is -2.86. The Balaban J connectivity index is 1.60. The largest absolute Gasteiger partial charge is 0.493 e. The predicted molar refractivity (Wildman–Crippen MR) is 113 cm³/mol. The van der Waals surface area contributed by atoms with Crippen LogP contribution in [0.3, 0.4) is 0 Å². The van der Waals surface area contributed by atoms with E-state index in [9.17, 15) is 9.59 Å². The van der Waals surface area contributed by atoms with Crippen LogP contribution >= 0.6 is 0 Å². The topological polar surface area (TPSA) is 75.9 Å². The van der Waals surface area contributed by atoms with E-state index in [-0.39, 0.29) is 23.8 Å². The minimum absolute atomic E-state index is 0.0307. The number of hydrogen-bond donors (Lipinski definition) is 1. The van der Waals surface area contributed by atoms with Crippen molar-refractivity contribution >= 4 is 11.8 Å². The van der Waals surface area contributed by atoms with Crippen molar-refractivity contribution < 1.29 is 14.3 Å². The number of rotatable bonds is 6. The van der Waals surface area contributed by atoms with Crippen LogP contribution in [0, 0.1) is 5.92 Å². The van der Waals surface area contributed by atoms with Crippen molar-refractivity contribution in [2.75, 3.05) is 32.8 Å². The van der Waals surface area contributed by atoms with Gasteiger partial charge in [-0.05, 0) is 24.6 Å². The lowest BCUT2D eigenvalue weighted by atomic mass is 9.94. The molecule has 6 nitrogen and oxygen atoms in total. The third kappa shape index (κ3) is 4.77. The fourth-order valence-electron chi connectivity index (χ4n) is 3.63. The van der Waals surface area contributed by atoms with Gasteiger partial charge in [-0.15, -0.1) is 0 Å². The van der Waals surface area contributed by atoms with Crippen LogP contribution in [-0.2, 0) is 4.79 Å². The molecule has 1 saturated heterocycles. The quantitative estimate of drug-likeness (QED) is 0.816. The van der Waals surface area contributed by atoms with Crippen molar-refractivity contribution in [3.8, 4) is 5.75 Å². The molecule has 1 heterocycles. The van der Waals surface area contributed by atoms with Crippen LogP contribution in [0.2, 0.25) is 0 Å². The van der Waals surface area contributed by atoms with Crippen molar-refractivity contribution in [1.82, 2.24) is 9.80 Å². The molecule has 2 aromatic carbocycles. The van der Waals surface area contributed by atoms with E-state index in [0.717, 1.165) is 5.56 Å². The van der Waals surface area contributed by atoms with E-state index in [4.69, 9.17) is 10.5 Å². The van der Waals surface area contributed by atoms with Crippen LogP contribution in [0.15, 0.2) is 54.6 Å². The van der Waals surface area contributed by atoms with Crippen molar-refractivity contribution in [1.29, 1.82) is 0 Å². The molecule has 0 saturated carbocycles. The highest BCUT2D eigenvalue weighted by atomic mass is 16.5. The highest BCUT2D eigenvalue weighted by Gasteiger charge is 2.31. The molecule has 29 heavy (non-hydrogen) atoms. The lowest BCUT2D eigenvalue weighted by Crippen LogP contribution is -2.52. The smallest absolute Gasteiger partial charge is 0.257 e. The summed E-state index contributed by atoms with van der Waals surface area (Å²) in [6.45, 7) is 6.28. The van der Waals surface area contributed by atoms with Crippen molar-refractivity contribution in [2.45, 2.75) is 19.9 Å². The van der Waals surface area contributed by atoms with Gasteiger partial charge in [-0.3, -0.25) is 9.59 Å². The molecule has 2 aromatic rings. The highest BCUT2D eigenvalue weighted by Crippen LogP contribution is 2.23. The molecular weight excluding hydrogens is 366 g/mol. The van der Waals surface area contributed by atoms with E-state index in [2.05, 4.69) is 0 Å². The fourth-order valence-corrected chi connectivity index (χ4v) is 3.63. The van der Waals surface area contributed by atoms with Gasteiger partial charge < -0.3 is 20.3 Å². The van der Waals surface area contributed by atoms with E-state index in [0.29, 0.717) is 44.1 Å². The maximum absolute atomic E-state index is 12.9. The normalized spacial score (nSPS) is 16.2. The van der Waals surface area contributed by atoms with Crippen molar-refractivity contribution in [2.24, 2.45) is 11.7 Å². The summed E-state index contributed by atoms with van der Waals surface area (Å²) < 4.78 is 5.58. The Kier molecular flexibility index (Phi) is 6.88. The Labute approximate surface area is 172 Å². The van der Waals surface area contributed by atoms with Gasteiger partial charge >= 0.3 is 0 Å². The molecule has 0 radical (unpaired) electrons. The molecule has 1 aliphatic heterocycles. The molecular formula is C23H29N3O3. The summed E-state index contributed by atoms with van der Waals surface area (Å²) in [5.74, 6) is 0.248. The number of hydrogen-bond acceptors (Lipinski definition) is 4. The van der Waals surface area contributed by atoms with Crippen molar-refractivity contribution in [3.63, 3.8) is 0 Å². The number of carbonyl (C=O) groups excluding carboxylic acids is 2. The first-order valence-corrected chi connectivity index (χ1v) is 10.1. The number of amides is 2. The SMILES string of the molecule is CCOc1ccccc1C(=O)N1CCN(C(=O)C(C)C(N)c2ccccc2)CC1. The second kappa shape index (κ2) is 9.56. The number of piperazine rings is 1. The Morgan fingerprint density at radius 3 is 2.21 bits per heavy atom. The van der Waals surface area contributed by atoms with Crippen LogP contribution in [0.1, 0.15) is 35.8 Å². The van der Waals surface area contributed by atoms with Crippen LogP contribution in [0.25, 0.3) is 0 Å². The van der Waals surface area contributed by atoms with Crippen LogP contribution < -0.4 is 10.5 Å². The van der Waals surface area contributed by atoms with Gasteiger partial charge in [0.25, 0.3) is 5.91 Å². The third-order valence-corrected chi connectivity index (χ3v) is 5.41. The minimum atomic E-state index is -0.346. The lowest BCUT2D eigenvalue weighted by molar-refractivity contribution is -0.137. The molecule has 0 spiro atoms. The molecule has 0 aliphatic carbocycles. The second-order valence-electron chi connectivity index (χ2n) is 7.27. The zero-order valence-corrected chi connectivity index (χ0v) is 17.1. The number of para-hydroxylation sites is 1. The maximum atomic E-state index is 12.9. The van der Waals surface area contributed by atoms with Crippen LogP contribution in [0.5, 0.6) is 5.75 Å². The van der Waals surface area contributed by atoms with Gasteiger partial charge in [0.15, 0.2) is 0 Å². The first-order chi connectivity index (χ1) is 14.0. The number of nitrogens with two attached hydrogens (primary N) is 1. The number of nitrogens with zero attached hydrogens (tertiary/aromatic N) is 2. The zero-order chi connectivity index (χ0) is 20.8. The molecule has 1 fully saturated rings. The average Bonchev–Trinajstić information content (AvgIpc) is 2.78. The van der Waals surface area contributed by atoms with Crippen molar-refractivity contribution in [3.05, 3.63) is 65.7 Å². The summed E-state index contributed by atoms with van der Waals surface area (Å²) in [4.78, 5) is 29.4. The van der Waals surface area contributed by atoms with Gasteiger partial charge in [-0.2, -0.15) is 0 Å². The van der Waals surface area contributed by atoms with E-state index < -0.39 is 0 Å². The Morgan fingerprint density at radius 2 is 1.55 bits per heavy atom. The van der Waals surface area contributed by atoms with E-state index in [1.165, 1.54) is 0 Å².